The summed E-state index contributed by atoms with van der Waals surface area (Å²) in [6.07, 6.45) is 5.84. The van der Waals surface area contributed by atoms with Crippen LogP contribution in [0.3, 0.4) is 0 Å². The van der Waals surface area contributed by atoms with Crippen LogP contribution in [0.15, 0.2) is 41.7 Å². The van der Waals surface area contributed by atoms with E-state index in [1.54, 1.807) is 0 Å². The van der Waals surface area contributed by atoms with Gasteiger partial charge >= 0.3 is 5.97 Å². The average molecular weight is 371 g/mol. The second-order valence-electron chi connectivity index (χ2n) is 9.12. The lowest BCUT2D eigenvalue weighted by Gasteiger charge is -2.46. The Balaban J connectivity index is 1.85. The molecule has 1 heterocycles. The van der Waals surface area contributed by atoms with Gasteiger partial charge in [-0.3, -0.25) is 9.59 Å². The van der Waals surface area contributed by atoms with Gasteiger partial charge in [0.05, 0.1) is 5.41 Å². The number of fused-ring (bicyclic) bond motifs is 1. The number of pyridine rings is 1. The molecule has 0 saturated heterocycles. The number of carbonyl (C=O) groups is 2. The SMILES string of the molecule is CC(C)C1=C2C(C)C(C)(C)CC[C@@]2(C(=O)OCC[n+]2ccccc2)CC1=O. The molecule has 2 aliphatic carbocycles. The minimum absolute atomic E-state index is 0.0871. The van der Waals surface area contributed by atoms with E-state index in [4.69, 9.17) is 4.74 Å². The number of nitrogens with zero attached hydrogens (tertiary/aromatic N) is 1. The Hall–Kier alpha value is -1.97. The van der Waals surface area contributed by atoms with Crippen LogP contribution in [0, 0.1) is 22.7 Å². The predicted octanol–water partition coefficient (Wildman–Crippen LogP) is 3.89. The largest absolute Gasteiger partial charge is 0.458 e. The second kappa shape index (κ2) is 7.21. The number of hydrogen-bond acceptors (Lipinski definition) is 3. The third-order valence-corrected chi connectivity index (χ3v) is 6.70. The molecule has 1 fully saturated rings. The zero-order valence-electron chi connectivity index (χ0n) is 17.2. The van der Waals surface area contributed by atoms with Gasteiger partial charge < -0.3 is 4.74 Å². The van der Waals surface area contributed by atoms with Gasteiger partial charge in [0.2, 0.25) is 0 Å². The van der Waals surface area contributed by atoms with Crippen LogP contribution in [0.4, 0.5) is 0 Å². The molecular formula is C23H32NO3+. The van der Waals surface area contributed by atoms with Gasteiger partial charge in [-0.2, -0.15) is 0 Å². The molecule has 2 atom stereocenters. The summed E-state index contributed by atoms with van der Waals surface area (Å²) in [4.78, 5) is 26.1. The summed E-state index contributed by atoms with van der Waals surface area (Å²) in [6, 6.07) is 5.87. The number of carbonyl (C=O) groups excluding carboxylic acids is 2. The van der Waals surface area contributed by atoms with Crippen LogP contribution in [0.2, 0.25) is 0 Å². The van der Waals surface area contributed by atoms with Crippen LogP contribution in [-0.2, 0) is 20.9 Å². The van der Waals surface area contributed by atoms with Crippen molar-refractivity contribution in [2.75, 3.05) is 6.61 Å². The van der Waals surface area contributed by atoms with Gasteiger partial charge in [0, 0.05) is 18.6 Å². The third-order valence-electron chi connectivity index (χ3n) is 6.70. The zero-order valence-corrected chi connectivity index (χ0v) is 17.2. The van der Waals surface area contributed by atoms with Gasteiger partial charge in [0.1, 0.15) is 0 Å². The fourth-order valence-electron chi connectivity index (χ4n) is 4.77. The average Bonchev–Trinajstić information content (AvgIpc) is 2.93. The highest BCUT2D eigenvalue weighted by molar-refractivity contribution is 6.05. The molecule has 0 N–H and O–H groups in total. The zero-order chi connectivity index (χ0) is 19.8. The third kappa shape index (κ3) is 3.46. The summed E-state index contributed by atoms with van der Waals surface area (Å²) in [6.45, 7) is 11.7. The van der Waals surface area contributed by atoms with E-state index in [1.807, 2.05) is 35.2 Å². The van der Waals surface area contributed by atoms with Crippen LogP contribution < -0.4 is 4.57 Å². The fourth-order valence-corrected chi connectivity index (χ4v) is 4.77. The molecule has 1 aromatic heterocycles. The second-order valence-corrected chi connectivity index (χ2v) is 9.12. The molecule has 0 aliphatic heterocycles. The Morgan fingerprint density at radius 3 is 2.52 bits per heavy atom. The highest BCUT2D eigenvalue weighted by atomic mass is 16.5. The Bertz CT molecular complexity index is 763. The highest BCUT2D eigenvalue weighted by Gasteiger charge is 2.58. The summed E-state index contributed by atoms with van der Waals surface area (Å²) in [7, 11) is 0. The number of aromatic nitrogens is 1. The Labute approximate surface area is 162 Å². The summed E-state index contributed by atoms with van der Waals surface area (Å²) < 4.78 is 7.73. The number of allylic oxidation sites excluding steroid dienone is 1. The maximum Gasteiger partial charge on any atom is 0.316 e. The van der Waals surface area contributed by atoms with Crippen molar-refractivity contribution in [2.24, 2.45) is 22.7 Å². The molecular weight excluding hydrogens is 338 g/mol. The molecule has 0 bridgehead atoms. The number of ether oxygens (including phenoxy) is 1. The molecule has 146 valence electrons. The fraction of sp³-hybridized carbons (Fsp3) is 0.609. The first kappa shape index (κ1) is 19.8. The van der Waals surface area contributed by atoms with Crippen molar-refractivity contribution < 1.29 is 18.9 Å². The van der Waals surface area contributed by atoms with Gasteiger partial charge in [0.25, 0.3) is 0 Å². The quantitative estimate of drug-likeness (QED) is 0.584. The van der Waals surface area contributed by atoms with Crippen LogP contribution >= 0.6 is 0 Å². The Kier molecular flexibility index (Phi) is 5.29. The molecule has 1 aromatic rings. The molecule has 0 radical (unpaired) electrons. The molecule has 4 heteroatoms. The van der Waals surface area contributed by atoms with E-state index < -0.39 is 5.41 Å². The molecule has 0 amide bonds. The van der Waals surface area contributed by atoms with Crippen LogP contribution in [0.5, 0.6) is 0 Å². The maximum absolute atomic E-state index is 13.2. The molecule has 3 rings (SSSR count). The van der Waals surface area contributed by atoms with E-state index in [2.05, 4.69) is 34.6 Å². The topological polar surface area (TPSA) is 47.2 Å². The van der Waals surface area contributed by atoms with Crippen LogP contribution in [0.25, 0.3) is 0 Å². The molecule has 1 saturated carbocycles. The number of hydrogen-bond donors (Lipinski definition) is 0. The highest BCUT2D eigenvalue weighted by Crippen LogP contribution is 2.59. The van der Waals surface area contributed by atoms with E-state index in [1.165, 1.54) is 0 Å². The lowest BCUT2D eigenvalue weighted by atomic mass is 9.57. The first-order valence-corrected chi connectivity index (χ1v) is 10.1. The van der Waals surface area contributed by atoms with E-state index in [-0.39, 0.29) is 35.4 Å². The van der Waals surface area contributed by atoms with Crippen LogP contribution in [0.1, 0.15) is 53.9 Å². The van der Waals surface area contributed by atoms with Gasteiger partial charge in [-0.05, 0) is 41.2 Å². The first-order chi connectivity index (χ1) is 12.7. The maximum atomic E-state index is 13.2. The van der Waals surface area contributed by atoms with Crippen LogP contribution in [-0.4, -0.2) is 18.4 Å². The van der Waals surface area contributed by atoms with Crippen molar-refractivity contribution in [3.63, 3.8) is 0 Å². The van der Waals surface area contributed by atoms with Crippen molar-refractivity contribution >= 4 is 11.8 Å². The van der Waals surface area contributed by atoms with Gasteiger partial charge in [0.15, 0.2) is 31.3 Å². The van der Waals surface area contributed by atoms with E-state index in [9.17, 15) is 9.59 Å². The van der Waals surface area contributed by atoms with Crippen molar-refractivity contribution in [1.29, 1.82) is 0 Å². The minimum atomic E-state index is -0.743. The molecule has 0 aromatic carbocycles. The number of rotatable bonds is 5. The predicted molar refractivity (Wildman–Crippen MR) is 104 cm³/mol. The van der Waals surface area contributed by atoms with Crippen molar-refractivity contribution in [3.8, 4) is 0 Å². The van der Waals surface area contributed by atoms with Crippen molar-refractivity contribution in [3.05, 3.63) is 41.7 Å². The lowest BCUT2D eigenvalue weighted by molar-refractivity contribution is -0.698. The van der Waals surface area contributed by atoms with Gasteiger partial charge in [-0.25, -0.2) is 4.57 Å². The number of Topliss-reactive ketones (excluding diaryl/α,β-unsaturated/α-hetero) is 1. The summed E-state index contributed by atoms with van der Waals surface area (Å²) in [5.41, 5.74) is 1.29. The van der Waals surface area contributed by atoms with Crippen molar-refractivity contribution in [1.82, 2.24) is 0 Å². The Morgan fingerprint density at radius 1 is 1.22 bits per heavy atom. The Morgan fingerprint density at radius 2 is 1.89 bits per heavy atom. The molecule has 0 spiro atoms. The molecule has 2 aliphatic rings. The van der Waals surface area contributed by atoms with E-state index in [0.717, 1.165) is 17.6 Å². The van der Waals surface area contributed by atoms with Gasteiger partial charge in [-0.15, -0.1) is 0 Å². The normalized spacial score (nSPS) is 27.0. The smallest absolute Gasteiger partial charge is 0.316 e. The first-order valence-electron chi connectivity index (χ1n) is 10.1. The van der Waals surface area contributed by atoms with E-state index >= 15 is 0 Å². The molecule has 1 unspecified atom stereocenters. The molecule has 4 nitrogen and oxygen atoms in total. The molecule has 27 heavy (non-hydrogen) atoms. The monoisotopic (exact) mass is 370 g/mol. The summed E-state index contributed by atoms with van der Waals surface area (Å²) >= 11 is 0. The van der Waals surface area contributed by atoms with Gasteiger partial charge in [-0.1, -0.05) is 40.7 Å². The van der Waals surface area contributed by atoms with Crippen molar-refractivity contribution in [2.45, 2.75) is 60.4 Å². The van der Waals surface area contributed by atoms with E-state index in [0.29, 0.717) is 19.6 Å². The standard InChI is InChI=1S/C23H32NO3/c1-16(2)19-18(25)15-23(10-9-22(4,5)17(3)20(19)23)21(26)27-14-13-24-11-7-6-8-12-24/h6-8,11-12,16-17H,9-10,13-15H2,1-5H3/q+1/t17?,23-/m1/s1. The lowest BCUT2D eigenvalue weighted by Crippen LogP contribution is -2.45. The number of ketones is 1. The number of esters is 1. The summed E-state index contributed by atoms with van der Waals surface area (Å²) in [5, 5.41) is 0. The summed E-state index contributed by atoms with van der Waals surface area (Å²) in [5.74, 6) is 0.267. The minimum Gasteiger partial charge on any atom is -0.458 e.